The van der Waals surface area contributed by atoms with E-state index >= 15 is 0 Å². The molecule has 0 aromatic carbocycles. The van der Waals surface area contributed by atoms with Crippen LogP contribution in [0.1, 0.15) is 62.4 Å². The number of hydrogen-bond donors (Lipinski definition) is 1. The zero-order valence-electron chi connectivity index (χ0n) is 10.0. The second kappa shape index (κ2) is 5.14. The molecule has 1 aromatic heterocycles. The average molecular weight is 237 g/mol. The topological polar surface area (TPSA) is 60.2 Å². The van der Waals surface area contributed by atoms with Gasteiger partial charge in [-0.15, -0.1) is 0 Å². The quantitative estimate of drug-likeness (QED) is 0.853. The van der Waals surface area contributed by atoms with Gasteiger partial charge in [-0.1, -0.05) is 18.0 Å². The van der Waals surface area contributed by atoms with Crippen molar-refractivity contribution in [3.05, 3.63) is 11.7 Å². The van der Waals surface area contributed by atoms with Crippen LogP contribution in [0.3, 0.4) is 0 Å². The molecule has 1 aromatic rings. The molecular formula is C12H19N3O2. The van der Waals surface area contributed by atoms with Gasteiger partial charge >= 0.3 is 0 Å². The van der Waals surface area contributed by atoms with Gasteiger partial charge in [0.1, 0.15) is 6.10 Å². The average Bonchev–Trinajstić information content (AvgIpc) is 2.95. The van der Waals surface area contributed by atoms with Crippen molar-refractivity contribution in [3.8, 4) is 0 Å². The smallest absolute Gasteiger partial charge is 0.255 e. The molecular weight excluding hydrogens is 218 g/mol. The summed E-state index contributed by atoms with van der Waals surface area (Å²) in [5.74, 6) is 1.46. The highest BCUT2D eigenvalue weighted by atomic mass is 16.5. The Balaban J connectivity index is 1.70. The van der Waals surface area contributed by atoms with Crippen LogP contribution in [-0.4, -0.2) is 23.3 Å². The molecule has 0 saturated carbocycles. The van der Waals surface area contributed by atoms with E-state index in [-0.39, 0.29) is 12.1 Å². The van der Waals surface area contributed by atoms with Crippen LogP contribution in [0.25, 0.3) is 0 Å². The SMILES string of the molecule is C1CCNC(c2noc(C3CCCO3)n2)CC1. The maximum absolute atomic E-state index is 5.55. The molecule has 0 amide bonds. The van der Waals surface area contributed by atoms with Crippen LogP contribution in [0.15, 0.2) is 4.52 Å². The Hall–Kier alpha value is -0.940. The van der Waals surface area contributed by atoms with E-state index in [1.165, 1.54) is 19.3 Å². The molecule has 2 aliphatic heterocycles. The fourth-order valence-corrected chi connectivity index (χ4v) is 2.54. The van der Waals surface area contributed by atoms with Gasteiger partial charge in [0.2, 0.25) is 0 Å². The summed E-state index contributed by atoms with van der Waals surface area (Å²) in [7, 11) is 0. The summed E-state index contributed by atoms with van der Waals surface area (Å²) in [6.07, 6.45) is 6.99. The van der Waals surface area contributed by atoms with Crippen LogP contribution >= 0.6 is 0 Å². The molecule has 2 aliphatic rings. The maximum Gasteiger partial charge on any atom is 0.255 e. The molecule has 3 rings (SSSR count). The van der Waals surface area contributed by atoms with E-state index < -0.39 is 0 Å². The van der Waals surface area contributed by atoms with Gasteiger partial charge in [-0.25, -0.2) is 0 Å². The lowest BCUT2D eigenvalue weighted by atomic mass is 10.1. The zero-order valence-corrected chi connectivity index (χ0v) is 10.0. The van der Waals surface area contributed by atoms with E-state index in [4.69, 9.17) is 9.26 Å². The highest BCUT2D eigenvalue weighted by Gasteiger charge is 2.26. The van der Waals surface area contributed by atoms with E-state index in [0.717, 1.165) is 38.2 Å². The van der Waals surface area contributed by atoms with Crippen molar-refractivity contribution in [2.75, 3.05) is 13.2 Å². The number of hydrogen-bond acceptors (Lipinski definition) is 5. The van der Waals surface area contributed by atoms with Crippen molar-refractivity contribution in [2.45, 2.75) is 50.7 Å². The van der Waals surface area contributed by atoms with Crippen molar-refractivity contribution in [2.24, 2.45) is 0 Å². The maximum atomic E-state index is 5.55. The Morgan fingerprint density at radius 1 is 1.12 bits per heavy atom. The van der Waals surface area contributed by atoms with Gasteiger partial charge in [0.05, 0.1) is 6.04 Å². The van der Waals surface area contributed by atoms with Gasteiger partial charge in [0.15, 0.2) is 5.82 Å². The number of nitrogens with zero attached hydrogens (tertiary/aromatic N) is 2. The molecule has 0 bridgehead atoms. The van der Waals surface area contributed by atoms with Gasteiger partial charge in [-0.05, 0) is 32.2 Å². The first-order valence-electron chi connectivity index (χ1n) is 6.62. The van der Waals surface area contributed by atoms with Gasteiger partial charge < -0.3 is 14.6 Å². The lowest BCUT2D eigenvalue weighted by molar-refractivity contribution is 0.0835. The summed E-state index contributed by atoms with van der Waals surface area (Å²) in [6, 6.07) is 0.261. The first-order valence-corrected chi connectivity index (χ1v) is 6.62. The number of aromatic nitrogens is 2. The molecule has 2 saturated heterocycles. The first-order chi connectivity index (χ1) is 8.43. The predicted molar refractivity (Wildman–Crippen MR) is 61.4 cm³/mol. The van der Waals surface area contributed by atoms with Crippen LogP contribution in [0, 0.1) is 0 Å². The Labute approximate surface area is 101 Å². The van der Waals surface area contributed by atoms with Crippen molar-refractivity contribution in [1.82, 2.24) is 15.5 Å². The molecule has 1 N–H and O–H groups in total. The minimum atomic E-state index is 0.0297. The summed E-state index contributed by atoms with van der Waals surface area (Å²) in [5, 5.41) is 7.57. The largest absolute Gasteiger partial charge is 0.368 e. The third kappa shape index (κ3) is 2.50. The van der Waals surface area contributed by atoms with Gasteiger partial charge in [0.25, 0.3) is 5.89 Å². The lowest BCUT2D eigenvalue weighted by Crippen LogP contribution is -2.21. The van der Waals surface area contributed by atoms with Crippen LogP contribution in [0.5, 0.6) is 0 Å². The fourth-order valence-electron chi connectivity index (χ4n) is 2.54. The van der Waals surface area contributed by atoms with Crippen molar-refractivity contribution in [1.29, 1.82) is 0 Å². The number of rotatable bonds is 2. The molecule has 17 heavy (non-hydrogen) atoms. The van der Waals surface area contributed by atoms with Gasteiger partial charge in [0, 0.05) is 6.61 Å². The molecule has 2 fully saturated rings. The Bertz CT molecular complexity index is 352. The molecule has 94 valence electrons. The Morgan fingerprint density at radius 3 is 3.00 bits per heavy atom. The van der Waals surface area contributed by atoms with Gasteiger partial charge in [-0.3, -0.25) is 0 Å². The normalized spacial score (nSPS) is 30.4. The van der Waals surface area contributed by atoms with Crippen molar-refractivity contribution >= 4 is 0 Å². The highest BCUT2D eigenvalue weighted by molar-refractivity contribution is 4.97. The summed E-state index contributed by atoms with van der Waals surface area (Å²) in [4.78, 5) is 4.49. The Kier molecular flexibility index (Phi) is 3.38. The molecule has 2 unspecified atom stereocenters. The van der Waals surface area contributed by atoms with Crippen molar-refractivity contribution < 1.29 is 9.26 Å². The monoisotopic (exact) mass is 237 g/mol. The summed E-state index contributed by atoms with van der Waals surface area (Å²) >= 11 is 0. The predicted octanol–water partition coefficient (Wildman–Crippen LogP) is 2.13. The molecule has 0 spiro atoms. The van der Waals surface area contributed by atoms with Crippen LogP contribution < -0.4 is 5.32 Å². The minimum absolute atomic E-state index is 0.0297. The third-order valence-corrected chi connectivity index (χ3v) is 3.53. The van der Waals surface area contributed by atoms with Crippen molar-refractivity contribution in [3.63, 3.8) is 0 Å². The van der Waals surface area contributed by atoms with E-state index in [2.05, 4.69) is 15.5 Å². The highest BCUT2D eigenvalue weighted by Crippen LogP contribution is 2.28. The van der Waals surface area contributed by atoms with E-state index in [1.807, 2.05) is 0 Å². The molecule has 5 heteroatoms. The van der Waals surface area contributed by atoms with E-state index in [9.17, 15) is 0 Å². The first kappa shape index (κ1) is 11.2. The molecule has 5 nitrogen and oxygen atoms in total. The van der Waals surface area contributed by atoms with Crippen LogP contribution in [0.4, 0.5) is 0 Å². The number of ether oxygens (including phenoxy) is 1. The molecule has 2 atom stereocenters. The number of nitrogens with one attached hydrogen (secondary N) is 1. The second-order valence-corrected chi connectivity index (χ2v) is 4.85. The zero-order chi connectivity index (χ0) is 11.5. The van der Waals surface area contributed by atoms with Crippen LogP contribution in [-0.2, 0) is 4.74 Å². The van der Waals surface area contributed by atoms with Gasteiger partial charge in [-0.2, -0.15) is 4.98 Å². The third-order valence-electron chi connectivity index (χ3n) is 3.53. The molecule has 3 heterocycles. The summed E-state index contributed by atoms with van der Waals surface area (Å²) in [5.41, 5.74) is 0. The summed E-state index contributed by atoms with van der Waals surface area (Å²) in [6.45, 7) is 1.86. The minimum Gasteiger partial charge on any atom is -0.368 e. The van der Waals surface area contributed by atoms with E-state index in [1.54, 1.807) is 0 Å². The molecule has 0 radical (unpaired) electrons. The Morgan fingerprint density at radius 2 is 2.12 bits per heavy atom. The fraction of sp³-hybridized carbons (Fsp3) is 0.833. The standard InChI is InChI=1S/C12H19N3O2/c1-2-5-9(13-7-3-1)11-14-12(17-15-11)10-6-4-8-16-10/h9-10,13H,1-8H2. The summed E-state index contributed by atoms with van der Waals surface area (Å²) < 4.78 is 10.9. The van der Waals surface area contributed by atoms with E-state index in [0.29, 0.717) is 5.89 Å². The second-order valence-electron chi connectivity index (χ2n) is 4.85. The van der Waals surface area contributed by atoms with Crippen LogP contribution in [0.2, 0.25) is 0 Å². The molecule has 0 aliphatic carbocycles. The lowest BCUT2D eigenvalue weighted by Gasteiger charge is -2.10.